The third-order valence-corrected chi connectivity index (χ3v) is 4.05. The molecule has 2 fully saturated rings. The molecule has 1 N–H and O–H groups in total. The predicted octanol–water partition coefficient (Wildman–Crippen LogP) is 1.98. The largest absolute Gasteiger partial charge is 0.323 e. The summed E-state index contributed by atoms with van der Waals surface area (Å²) in [7, 11) is 0. The van der Waals surface area contributed by atoms with Crippen LogP contribution in [0.3, 0.4) is 0 Å². The lowest BCUT2D eigenvalue weighted by Gasteiger charge is -2.23. The molecular weight excluding hydrogens is 200 g/mol. The molecule has 2 aliphatic rings. The van der Waals surface area contributed by atoms with Crippen molar-refractivity contribution in [3.05, 3.63) is 0 Å². The average Bonchev–Trinajstić information content (AvgIpc) is 2.94. The van der Waals surface area contributed by atoms with Gasteiger partial charge in [-0.3, -0.25) is 10.1 Å². The Bertz CT molecular complexity index is 277. The first-order valence-electron chi connectivity index (χ1n) is 6.68. The maximum absolute atomic E-state index is 12.3. The quantitative estimate of drug-likeness (QED) is 0.792. The Labute approximate surface area is 98.6 Å². The van der Waals surface area contributed by atoms with Crippen LogP contribution in [0.15, 0.2) is 0 Å². The van der Waals surface area contributed by atoms with E-state index >= 15 is 0 Å². The number of carbonyl (C=O) groups excluding carboxylic acids is 1. The summed E-state index contributed by atoms with van der Waals surface area (Å²) in [6.45, 7) is 8.62. The Morgan fingerprint density at radius 3 is 2.50 bits per heavy atom. The third-order valence-electron chi connectivity index (χ3n) is 4.05. The molecule has 1 heterocycles. The summed E-state index contributed by atoms with van der Waals surface area (Å²) in [5, 5.41) is 3.48. The summed E-state index contributed by atoms with van der Waals surface area (Å²) < 4.78 is 0. The van der Waals surface area contributed by atoms with Crippen molar-refractivity contribution in [1.82, 2.24) is 10.2 Å². The van der Waals surface area contributed by atoms with Crippen LogP contribution in [0.1, 0.15) is 47.0 Å². The first-order valence-corrected chi connectivity index (χ1v) is 6.68. The van der Waals surface area contributed by atoms with Crippen molar-refractivity contribution in [3.63, 3.8) is 0 Å². The molecule has 1 aliphatic heterocycles. The van der Waals surface area contributed by atoms with Gasteiger partial charge < -0.3 is 4.90 Å². The Balaban J connectivity index is 2.08. The van der Waals surface area contributed by atoms with Crippen LogP contribution in [0, 0.1) is 11.8 Å². The molecule has 1 saturated heterocycles. The van der Waals surface area contributed by atoms with E-state index in [4.69, 9.17) is 0 Å². The number of nitrogens with one attached hydrogen (secondary N) is 1. The molecule has 4 atom stereocenters. The highest BCUT2D eigenvalue weighted by Crippen LogP contribution is 2.41. The van der Waals surface area contributed by atoms with E-state index in [0.717, 1.165) is 12.3 Å². The lowest BCUT2D eigenvalue weighted by molar-refractivity contribution is -0.131. The van der Waals surface area contributed by atoms with Crippen molar-refractivity contribution in [2.75, 3.05) is 0 Å². The molecule has 16 heavy (non-hydrogen) atoms. The van der Waals surface area contributed by atoms with E-state index in [0.29, 0.717) is 17.9 Å². The highest BCUT2D eigenvalue weighted by atomic mass is 16.2. The molecule has 3 nitrogen and oxygen atoms in total. The topological polar surface area (TPSA) is 32.3 Å². The highest BCUT2D eigenvalue weighted by Gasteiger charge is 2.50. The van der Waals surface area contributed by atoms with Gasteiger partial charge in [-0.05, 0) is 24.7 Å². The van der Waals surface area contributed by atoms with E-state index in [9.17, 15) is 4.79 Å². The number of nitrogens with zero attached hydrogens (tertiary/aromatic N) is 1. The molecule has 0 bridgehead atoms. The average molecular weight is 224 g/mol. The number of hydrogen-bond donors (Lipinski definition) is 1. The van der Waals surface area contributed by atoms with Crippen LogP contribution in [-0.4, -0.2) is 29.1 Å². The maximum atomic E-state index is 12.3. The molecule has 4 unspecified atom stereocenters. The van der Waals surface area contributed by atoms with Gasteiger partial charge in [0, 0.05) is 6.04 Å². The van der Waals surface area contributed by atoms with Gasteiger partial charge in [0.2, 0.25) is 5.91 Å². The molecule has 0 aromatic rings. The second-order valence-corrected chi connectivity index (χ2v) is 5.53. The van der Waals surface area contributed by atoms with Gasteiger partial charge in [0.1, 0.15) is 0 Å². The molecule has 0 spiro atoms. The van der Waals surface area contributed by atoms with Crippen LogP contribution in [0.5, 0.6) is 0 Å². The van der Waals surface area contributed by atoms with E-state index in [1.54, 1.807) is 0 Å². The van der Waals surface area contributed by atoms with E-state index in [-0.39, 0.29) is 12.2 Å². The Morgan fingerprint density at radius 1 is 1.38 bits per heavy atom. The minimum atomic E-state index is 0.0445. The smallest absolute Gasteiger partial charge is 0.241 e. The minimum absolute atomic E-state index is 0.0445. The lowest BCUT2D eigenvalue weighted by atomic mass is 10.1. The molecule has 0 aromatic heterocycles. The van der Waals surface area contributed by atoms with E-state index in [1.807, 2.05) is 0 Å². The lowest BCUT2D eigenvalue weighted by Crippen LogP contribution is -2.39. The fourth-order valence-corrected chi connectivity index (χ4v) is 2.87. The molecule has 1 aliphatic carbocycles. The van der Waals surface area contributed by atoms with Gasteiger partial charge in [0.25, 0.3) is 0 Å². The first kappa shape index (κ1) is 11.9. The van der Waals surface area contributed by atoms with Gasteiger partial charge in [-0.15, -0.1) is 0 Å². The summed E-state index contributed by atoms with van der Waals surface area (Å²) in [6, 6.07) is 0.571. The van der Waals surface area contributed by atoms with E-state index < -0.39 is 0 Å². The molecule has 3 heteroatoms. The molecule has 2 rings (SSSR count). The highest BCUT2D eigenvalue weighted by molar-refractivity contribution is 5.85. The normalized spacial score (nSPS) is 38.6. The van der Waals surface area contributed by atoms with Gasteiger partial charge in [-0.2, -0.15) is 0 Å². The Morgan fingerprint density at radius 2 is 2.06 bits per heavy atom. The second-order valence-electron chi connectivity index (χ2n) is 5.53. The summed E-state index contributed by atoms with van der Waals surface area (Å²) in [6.07, 6.45) is 3.71. The van der Waals surface area contributed by atoms with Crippen LogP contribution in [0.25, 0.3) is 0 Å². The molecule has 1 saturated carbocycles. The number of rotatable bonds is 4. The van der Waals surface area contributed by atoms with Gasteiger partial charge >= 0.3 is 0 Å². The summed E-state index contributed by atoms with van der Waals surface area (Å²) >= 11 is 0. The minimum Gasteiger partial charge on any atom is -0.323 e. The predicted molar refractivity (Wildman–Crippen MR) is 64.9 cm³/mol. The first-order chi connectivity index (χ1) is 7.60. The zero-order chi connectivity index (χ0) is 11.9. The number of carbonyl (C=O) groups is 1. The van der Waals surface area contributed by atoms with Crippen molar-refractivity contribution < 1.29 is 4.79 Å². The zero-order valence-electron chi connectivity index (χ0n) is 10.9. The van der Waals surface area contributed by atoms with Crippen molar-refractivity contribution in [3.8, 4) is 0 Å². The van der Waals surface area contributed by atoms with Crippen molar-refractivity contribution >= 4 is 5.91 Å². The number of amides is 1. The second kappa shape index (κ2) is 4.36. The summed E-state index contributed by atoms with van der Waals surface area (Å²) in [5.74, 6) is 1.49. The third kappa shape index (κ3) is 1.86. The van der Waals surface area contributed by atoms with Crippen LogP contribution in [0.4, 0.5) is 0 Å². The fourth-order valence-electron chi connectivity index (χ4n) is 2.87. The SMILES string of the molecule is CCC1CC1N1C(=O)C(C(C)C)NC1CC. The fraction of sp³-hybridized carbons (Fsp3) is 0.923. The number of hydrogen-bond acceptors (Lipinski definition) is 2. The van der Waals surface area contributed by atoms with Gasteiger partial charge in [0.05, 0.1) is 12.2 Å². The standard InChI is InChI=1S/C13H24N2O/c1-5-9-7-10(9)15-11(6-2)14-12(8(3)4)13(15)16/h8-12,14H,5-7H2,1-4H3. The Kier molecular flexibility index (Phi) is 3.24. The maximum Gasteiger partial charge on any atom is 0.241 e. The van der Waals surface area contributed by atoms with Crippen LogP contribution >= 0.6 is 0 Å². The van der Waals surface area contributed by atoms with Gasteiger partial charge in [-0.1, -0.05) is 34.1 Å². The van der Waals surface area contributed by atoms with E-state index in [1.165, 1.54) is 12.8 Å². The Hall–Kier alpha value is -0.570. The summed E-state index contributed by atoms with van der Waals surface area (Å²) in [4.78, 5) is 14.5. The summed E-state index contributed by atoms with van der Waals surface area (Å²) in [5.41, 5.74) is 0. The van der Waals surface area contributed by atoms with Crippen LogP contribution < -0.4 is 5.32 Å². The molecule has 0 aromatic carbocycles. The van der Waals surface area contributed by atoms with E-state index in [2.05, 4.69) is 37.9 Å². The van der Waals surface area contributed by atoms with Crippen LogP contribution in [0.2, 0.25) is 0 Å². The van der Waals surface area contributed by atoms with Gasteiger partial charge in [-0.25, -0.2) is 0 Å². The molecule has 1 amide bonds. The van der Waals surface area contributed by atoms with Crippen molar-refractivity contribution in [2.45, 2.75) is 65.2 Å². The van der Waals surface area contributed by atoms with Gasteiger partial charge in [0.15, 0.2) is 0 Å². The van der Waals surface area contributed by atoms with Crippen molar-refractivity contribution in [1.29, 1.82) is 0 Å². The van der Waals surface area contributed by atoms with Crippen molar-refractivity contribution in [2.24, 2.45) is 11.8 Å². The monoisotopic (exact) mass is 224 g/mol. The molecule has 92 valence electrons. The molecular formula is C13H24N2O. The van der Waals surface area contributed by atoms with Crippen LogP contribution in [-0.2, 0) is 4.79 Å². The zero-order valence-corrected chi connectivity index (χ0v) is 10.9. The molecule has 0 radical (unpaired) electrons.